The smallest absolute Gasteiger partial charge is 0.445 e. The third kappa shape index (κ3) is 12.4. The highest BCUT2D eigenvalue weighted by molar-refractivity contribution is 6.67. The molecule has 330 valence electrons. The molecule has 2 aliphatic rings. The number of fused-ring (bicyclic) bond motifs is 3. The highest BCUT2D eigenvalue weighted by Gasteiger charge is 2.53. The lowest BCUT2D eigenvalue weighted by molar-refractivity contribution is -0.267. The van der Waals surface area contributed by atoms with Crippen LogP contribution in [-0.4, -0.2) is 78.6 Å². The van der Waals surface area contributed by atoms with Crippen LogP contribution < -0.4 is 5.32 Å². The van der Waals surface area contributed by atoms with Crippen molar-refractivity contribution in [2.45, 2.75) is 59.7 Å². The Kier molecular flexibility index (Phi) is 15.1. The van der Waals surface area contributed by atoms with E-state index in [4.69, 9.17) is 68.0 Å². The van der Waals surface area contributed by atoms with Crippen molar-refractivity contribution in [1.82, 2.24) is 5.32 Å². The summed E-state index contributed by atoms with van der Waals surface area (Å²) in [4.78, 5) is 31.1. The van der Waals surface area contributed by atoms with Gasteiger partial charge in [0.15, 0.2) is 6.10 Å². The van der Waals surface area contributed by atoms with E-state index in [-0.39, 0.29) is 38.0 Å². The Morgan fingerprint density at radius 1 is 0.667 bits per heavy atom. The molecule has 11 nitrogen and oxygen atoms in total. The third-order valence-electron chi connectivity index (χ3n) is 10.00. The zero-order valence-corrected chi connectivity index (χ0v) is 35.4. The number of carbonyl (C=O) groups is 2. The minimum atomic E-state index is -5.17. The summed E-state index contributed by atoms with van der Waals surface area (Å²) in [6.07, 6.45) is -14.1. The molecule has 1 aliphatic heterocycles. The van der Waals surface area contributed by atoms with Gasteiger partial charge in [0.25, 0.3) is 5.90 Å². The SMILES string of the molecule is O=C(N[C@H]1C(OC(=Nc2ccccc2)C(F)(F)F)O[C@H](COCc2ccccc2)[C@@H](OC(=O)OCC2c3ccccc3-c3ccccc32)[C@@H]1OCc1ccccc1)OCC(Cl)(Cl)Cl. The van der Waals surface area contributed by atoms with E-state index in [9.17, 15) is 22.8 Å². The molecule has 1 amide bonds. The molecule has 0 saturated carbocycles. The lowest BCUT2D eigenvalue weighted by Gasteiger charge is -2.45. The second-order valence-electron chi connectivity index (χ2n) is 14.4. The number of ether oxygens (including phenoxy) is 7. The molecule has 5 aromatic carbocycles. The summed E-state index contributed by atoms with van der Waals surface area (Å²) in [7, 11) is 0. The summed E-state index contributed by atoms with van der Waals surface area (Å²) >= 11 is 17.5. The number of alkyl halides is 6. The summed E-state index contributed by atoms with van der Waals surface area (Å²) in [6, 6.07) is 38.8. The number of aliphatic imine (C=N–C) groups is 1. The Morgan fingerprint density at radius 3 is 1.81 bits per heavy atom. The number of halogens is 6. The number of hydrogen-bond acceptors (Lipinski definition) is 10. The fourth-order valence-electron chi connectivity index (χ4n) is 7.21. The first kappa shape index (κ1) is 45.7. The monoisotopic (exact) mass is 926 g/mol. The van der Waals surface area contributed by atoms with Crippen molar-refractivity contribution in [3.05, 3.63) is 162 Å². The number of amides is 1. The predicted octanol–water partition coefficient (Wildman–Crippen LogP) is 10.6. The third-order valence-corrected chi connectivity index (χ3v) is 10.3. The van der Waals surface area contributed by atoms with Gasteiger partial charge in [-0.3, -0.25) is 0 Å². The molecule has 5 atom stereocenters. The number of nitrogens with one attached hydrogen (secondary N) is 1. The van der Waals surface area contributed by atoms with E-state index in [1.165, 1.54) is 24.3 Å². The molecule has 63 heavy (non-hydrogen) atoms. The van der Waals surface area contributed by atoms with Crippen molar-refractivity contribution in [2.24, 2.45) is 4.99 Å². The van der Waals surface area contributed by atoms with E-state index in [0.29, 0.717) is 5.56 Å². The lowest BCUT2D eigenvalue weighted by Crippen LogP contribution is -2.67. The number of nitrogens with zero attached hydrogens (tertiary/aromatic N) is 1. The van der Waals surface area contributed by atoms with Crippen LogP contribution in [0.5, 0.6) is 0 Å². The van der Waals surface area contributed by atoms with Crippen molar-refractivity contribution in [3.8, 4) is 11.1 Å². The first-order valence-corrected chi connectivity index (χ1v) is 20.8. The predicted molar refractivity (Wildman–Crippen MR) is 229 cm³/mol. The van der Waals surface area contributed by atoms with E-state index < -0.39 is 65.4 Å². The molecular weight excluding hydrogens is 888 g/mol. The molecule has 17 heteroatoms. The average molecular weight is 928 g/mol. The van der Waals surface area contributed by atoms with Gasteiger partial charge in [-0.2, -0.15) is 13.2 Å². The van der Waals surface area contributed by atoms with Crippen LogP contribution in [0, 0.1) is 0 Å². The summed E-state index contributed by atoms with van der Waals surface area (Å²) in [5, 5.41) is 2.45. The number of para-hydroxylation sites is 1. The maximum Gasteiger partial charge on any atom is 0.508 e. The molecule has 1 heterocycles. The molecule has 1 unspecified atom stereocenters. The van der Waals surface area contributed by atoms with Crippen LogP contribution in [0.25, 0.3) is 11.1 Å². The van der Waals surface area contributed by atoms with Crippen molar-refractivity contribution >= 4 is 58.6 Å². The van der Waals surface area contributed by atoms with Gasteiger partial charge in [-0.25, -0.2) is 14.6 Å². The Morgan fingerprint density at radius 2 is 1.22 bits per heavy atom. The van der Waals surface area contributed by atoms with Crippen LogP contribution in [0.2, 0.25) is 0 Å². The van der Waals surface area contributed by atoms with Crippen molar-refractivity contribution < 1.29 is 55.9 Å². The first-order valence-electron chi connectivity index (χ1n) is 19.6. The number of rotatable bonds is 14. The Bertz CT molecular complexity index is 2280. The zero-order valence-electron chi connectivity index (χ0n) is 33.2. The standard InChI is InChI=1S/C46H40Cl3F3N2O9/c47-45(48,49)28-60-43(55)54-38-40(58-25-30-16-6-2-7-17-30)39(62-44(56)59-26-36-34-22-12-10-20-32(34)33-21-11-13-23-35(33)36)37(27-57-24-29-14-4-1-5-15-29)61-41(38)63-42(46(50,51)52)53-31-18-8-3-9-19-31/h1-23,36-41H,24-28H2,(H,54,55)/t37-,38-,39-,40-,41?/m1/s1. The number of carbonyl (C=O) groups excluding carboxylic acids is 2. The van der Waals surface area contributed by atoms with Crippen molar-refractivity contribution in [3.63, 3.8) is 0 Å². The van der Waals surface area contributed by atoms with Gasteiger partial charge in [0.05, 0.1) is 25.5 Å². The molecule has 7 rings (SSSR count). The maximum atomic E-state index is 14.8. The molecule has 1 N–H and O–H groups in total. The number of alkyl carbamates (subject to hydrolysis) is 1. The van der Waals surface area contributed by atoms with Gasteiger partial charge in [-0.05, 0) is 45.5 Å². The molecule has 1 aliphatic carbocycles. The largest absolute Gasteiger partial charge is 0.508 e. The minimum Gasteiger partial charge on any atom is -0.445 e. The van der Waals surface area contributed by atoms with Gasteiger partial charge in [-0.1, -0.05) is 162 Å². The first-order chi connectivity index (χ1) is 30.3. The minimum absolute atomic E-state index is 0.0354. The van der Waals surface area contributed by atoms with Crippen LogP contribution in [-0.2, 0) is 46.4 Å². The highest BCUT2D eigenvalue weighted by Crippen LogP contribution is 2.44. The Labute approximate surface area is 375 Å². The normalized spacial score (nSPS) is 20.0. The summed E-state index contributed by atoms with van der Waals surface area (Å²) < 4.78 is 83.5. The van der Waals surface area contributed by atoms with Gasteiger partial charge in [0.2, 0.25) is 10.1 Å². The molecule has 5 aromatic rings. The summed E-state index contributed by atoms with van der Waals surface area (Å²) in [5.74, 6) is -2.06. The molecule has 0 radical (unpaired) electrons. The fourth-order valence-corrected chi connectivity index (χ4v) is 7.38. The van der Waals surface area contributed by atoms with Crippen LogP contribution >= 0.6 is 34.8 Å². The van der Waals surface area contributed by atoms with Gasteiger partial charge in [0, 0.05) is 5.92 Å². The summed E-state index contributed by atoms with van der Waals surface area (Å²) in [6.45, 7) is -1.41. The van der Waals surface area contributed by atoms with Gasteiger partial charge in [-0.15, -0.1) is 0 Å². The molecule has 0 spiro atoms. The lowest BCUT2D eigenvalue weighted by atomic mass is 9.96. The van der Waals surface area contributed by atoms with E-state index in [1.54, 1.807) is 48.5 Å². The van der Waals surface area contributed by atoms with Crippen LogP contribution in [0.3, 0.4) is 0 Å². The average Bonchev–Trinajstić information content (AvgIpc) is 3.59. The molecule has 0 aromatic heterocycles. The topological polar surface area (TPSA) is 123 Å². The van der Waals surface area contributed by atoms with E-state index in [1.807, 2.05) is 66.7 Å². The quantitative estimate of drug-likeness (QED) is 0.0502. The molecule has 0 bridgehead atoms. The van der Waals surface area contributed by atoms with Crippen LogP contribution in [0.1, 0.15) is 28.2 Å². The van der Waals surface area contributed by atoms with Gasteiger partial charge in [0.1, 0.15) is 31.5 Å². The highest BCUT2D eigenvalue weighted by atomic mass is 35.6. The van der Waals surface area contributed by atoms with E-state index >= 15 is 0 Å². The van der Waals surface area contributed by atoms with Gasteiger partial charge < -0.3 is 38.5 Å². The second-order valence-corrected chi connectivity index (χ2v) is 16.9. The number of benzene rings is 5. The van der Waals surface area contributed by atoms with Gasteiger partial charge >= 0.3 is 18.4 Å². The Balaban J connectivity index is 1.24. The van der Waals surface area contributed by atoms with E-state index in [0.717, 1.165) is 27.8 Å². The molecular formula is C46H40Cl3F3N2O9. The van der Waals surface area contributed by atoms with Crippen LogP contribution in [0.15, 0.2) is 145 Å². The molecule has 1 fully saturated rings. The second kappa shape index (κ2) is 20.9. The Hall–Kier alpha value is -5.35. The zero-order chi connectivity index (χ0) is 44.4. The fraction of sp³-hybridized carbons (Fsp3) is 0.283. The summed E-state index contributed by atoms with van der Waals surface area (Å²) in [5.41, 5.74) is 5.17. The van der Waals surface area contributed by atoms with Crippen molar-refractivity contribution in [2.75, 3.05) is 19.8 Å². The molecule has 1 saturated heterocycles. The maximum absolute atomic E-state index is 14.8. The number of hydrogen-bond donors (Lipinski definition) is 1. The van der Waals surface area contributed by atoms with E-state index in [2.05, 4.69) is 10.3 Å². The van der Waals surface area contributed by atoms with Crippen molar-refractivity contribution in [1.29, 1.82) is 0 Å². The van der Waals surface area contributed by atoms with Crippen LogP contribution in [0.4, 0.5) is 28.4 Å².